The highest BCUT2D eigenvalue weighted by Gasteiger charge is 2.13. The van der Waals surface area contributed by atoms with E-state index in [9.17, 15) is 9.18 Å². The number of hydrogen-bond acceptors (Lipinski definition) is 3. The number of aromatic nitrogens is 2. The number of hydrogen-bond donors (Lipinski definition) is 1. The molecule has 1 N–H and O–H groups in total. The highest BCUT2D eigenvalue weighted by Crippen LogP contribution is 2.22. The molecule has 0 spiro atoms. The van der Waals surface area contributed by atoms with E-state index < -0.39 is 0 Å². The Hall–Kier alpha value is -2.67. The van der Waals surface area contributed by atoms with Crippen LogP contribution in [0.5, 0.6) is 5.75 Å². The van der Waals surface area contributed by atoms with Gasteiger partial charge in [0.05, 0.1) is 18.1 Å². The molecule has 0 fully saturated rings. The molecule has 0 bridgehead atoms. The van der Waals surface area contributed by atoms with Crippen molar-refractivity contribution in [2.45, 2.75) is 6.54 Å². The molecular weight excluding hydrogens is 389 g/mol. The Kier molecular flexibility index (Phi) is 5.14. The van der Waals surface area contributed by atoms with Gasteiger partial charge in [0.15, 0.2) is 5.82 Å². The summed E-state index contributed by atoms with van der Waals surface area (Å²) in [7, 11) is 1.54. The molecule has 3 rings (SSSR count). The number of ether oxygens (including phenoxy) is 1. The summed E-state index contributed by atoms with van der Waals surface area (Å²) in [6, 6.07) is 13.3. The molecule has 5 nitrogen and oxygen atoms in total. The van der Waals surface area contributed by atoms with Gasteiger partial charge in [0, 0.05) is 17.3 Å². The van der Waals surface area contributed by atoms with Gasteiger partial charge < -0.3 is 10.1 Å². The molecule has 0 aliphatic heterocycles. The zero-order valence-electron chi connectivity index (χ0n) is 13.4. The maximum absolute atomic E-state index is 13.8. The fourth-order valence-corrected chi connectivity index (χ4v) is 2.72. The second-order valence-electron chi connectivity index (χ2n) is 5.30. The van der Waals surface area contributed by atoms with Crippen LogP contribution in [0.15, 0.2) is 59.2 Å². The number of halogens is 2. The van der Waals surface area contributed by atoms with E-state index in [4.69, 9.17) is 4.74 Å². The van der Waals surface area contributed by atoms with Gasteiger partial charge >= 0.3 is 0 Å². The van der Waals surface area contributed by atoms with Crippen LogP contribution in [0.3, 0.4) is 0 Å². The molecule has 0 atom stereocenters. The van der Waals surface area contributed by atoms with Crippen molar-refractivity contribution in [1.82, 2.24) is 9.78 Å². The molecule has 2 aromatic carbocycles. The van der Waals surface area contributed by atoms with Crippen LogP contribution in [0.1, 0.15) is 15.9 Å². The largest absolute Gasteiger partial charge is 0.497 e. The van der Waals surface area contributed by atoms with Gasteiger partial charge in [-0.25, -0.2) is 4.39 Å². The first-order valence-corrected chi connectivity index (χ1v) is 8.28. The first kappa shape index (κ1) is 17.2. The summed E-state index contributed by atoms with van der Waals surface area (Å²) >= 11 is 3.36. The highest BCUT2D eigenvalue weighted by molar-refractivity contribution is 9.10. The lowest BCUT2D eigenvalue weighted by Gasteiger charge is -2.05. The molecule has 0 unspecified atom stereocenters. The number of amides is 1. The summed E-state index contributed by atoms with van der Waals surface area (Å²) in [6.45, 7) is 0.264. The van der Waals surface area contributed by atoms with Crippen LogP contribution in [0.25, 0.3) is 0 Å². The monoisotopic (exact) mass is 403 g/mol. The lowest BCUT2D eigenvalue weighted by atomic mass is 10.2. The maximum Gasteiger partial charge on any atom is 0.257 e. The SMILES string of the molecule is COc1cccc(C(=O)Nc2nn(Cc3ccccc3F)cc2Br)c1. The van der Waals surface area contributed by atoms with Gasteiger partial charge in [0.1, 0.15) is 11.6 Å². The van der Waals surface area contributed by atoms with Gasteiger partial charge in [-0.1, -0.05) is 24.3 Å². The average Bonchev–Trinajstić information content (AvgIpc) is 2.96. The molecule has 7 heteroatoms. The van der Waals surface area contributed by atoms with Crippen LogP contribution in [0.2, 0.25) is 0 Å². The smallest absolute Gasteiger partial charge is 0.257 e. The summed E-state index contributed by atoms with van der Waals surface area (Å²) in [4.78, 5) is 12.4. The topological polar surface area (TPSA) is 56.1 Å². The minimum Gasteiger partial charge on any atom is -0.497 e. The fourth-order valence-electron chi connectivity index (χ4n) is 2.31. The highest BCUT2D eigenvalue weighted by atomic mass is 79.9. The molecule has 3 aromatic rings. The van der Waals surface area contributed by atoms with Gasteiger partial charge in [-0.3, -0.25) is 9.48 Å². The van der Waals surface area contributed by atoms with Crippen LogP contribution in [-0.2, 0) is 6.54 Å². The molecule has 128 valence electrons. The Morgan fingerprint density at radius 2 is 2.08 bits per heavy atom. The minimum atomic E-state index is -0.309. The van der Waals surface area contributed by atoms with Gasteiger partial charge in [-0.05, 0) is 40.2 Å². The second kappa shape index (κ2) is 7.48. The molecule has 0 aliphatic rings. The lowest BCUT2D eigenvalue weighted by Crippen LogP contribution is -2.13. The van der Waals surface area contributed by atoms with Crippen LogP contribution in [0.4, 0.5) is 10.2 Å². The van der Waals surface area contributed by atoms with Crippen molar-refractivity contribution < 1.29 is 13.9 Å². The third-order valence-electron chi connectivity index (χ3n) is 3.57. The number of anilines is 1. The molecule has 0 saturated heterocycles. The van der Waals surface area contributed by atoms with E-state index >= 15 is 0 Å². The molecule has 1 aromatic heterocycles. The first-order chi connectivity index (χ1) is 12.1. The van der Waals surface area contributed by atoms with E-state index in [1.54, 1.807) is 53.3 Å². The van der Waals surface area contributed by atoms with Gasteiger partial charge in [0.25, 0.3) is 5.91 Å². The van der Waals surface area contributed by atoms with E-state index in [0.29, 0.717) is 27.2 Å². The van der Waals surface area contributed by atoms with Crippen LogP contribution >= 0.6 is 15.9 Å². The third-order valence-corrected chi connectivity index (χ3v) is 4.15. The predicted molar refractivity (Wildman–Crippen MR) is 96.4 cm³/mol. The van der Waals surface area contributed by atoms with Crippen molar-refractivity contribution in [3.63, 3.8) is 0 Å². The number of nitrogens with zero attached hydrogens (tertiary/aromatic N) is 2. The normalized spacial score (nSPS) is 10.5. The van der Waals surface area contributed by atoms with Crippen molar-refractivity contribution in [3.05, 3.63) is 76.1 Å². The Labute approximate surface area is 152 Å². The second-order valence-corrected chi connectivity index (χ2v) is 6.16. The van der Waals surface area contributed by atoms with Crippen molar-refractivity contribution >= 4 is 27.7 Å². The van der Waals surface area contributed by atoms with Gasteiger partial charge in [0.2, 0.25) is 0 Å². The summed E-state index contributed by atoms with van der Waals surface area (Å²) < 4.78 is 21.0. The average molecular weight is 404 g/mol. The lowest BCUT2D eigenvalue weighted by molar-refractivity contribution is 0.102. The molecule has 1 heterocycles. The van der Waals surface area contributed by atoms with Crippen molar-refractivity contribution in [3.8, 4) is 5.75 Å². The zero-order chi connectivity index (χ0) is 17.8. The quantitative estimate of drug-likeness (QED) is 0.697. The van der Waals surface area contributed by atoms with Gasteiger partial charge in [-0.2, -0.15) is 5.10 Å². The predicted octanol–water partition coefficient (Wildman–Crippen LogP) is 4.09. The number of carbonyl (C=O) groups excluding carboxylic acids is 1. The van der Waals surface area contributed by atoms with E-state index in [0.717, 1.165) is 0 Å². The summed E-state index contributed by atoms with van der Waals surface area (Å²) in [5, 5.41) is 7.03. The zero-order valence-corrected chi connectivity index (χ0v) is 15.0. The van der Waals surface area contributed by atoms with Crippen molar-refractivity contribution in [2.24, 2.45) is 0 Å². The van der Waals surface area contributed by atoms with Crippen LogP contribution in [0, 0.1) is 5.82 Å². The Bertz CT molecular complexity index is 911. The van der Waals surface area contributed by atoms with Gasteiger partial charge in [-0.15, -0.1) is 0 Å². The standard InChI is InChI=1S/C18H15BrFN3O2/c1-25-14-7-4-6-12(9-14)18(24)21-17-15(19)11-23(22-17)10-13-5-2-3-8-16(13)20/h2-9,11H,10H2,1H3,(H,21,22,24). The van der Waals surface area contributed by atoms with E-state index in [-0.39, 0.29) is 18.3 Å². The Morgan fingerprint density at radius 3 is 2.84 bits per heavy atom. The number of benzene rings is 2. The molecule has 0 radical (unpaired) electrons. The van der Waals surface area contributed by atoms with Crippen LogP contribution in [-0.4, -0.2) is 22.8 Å². The summed E-state index contributed by atoms with van der Waals surface area (Å²) in [6.07, 6.45) is 1.69. The fraction of sp³-hybridized carbons (Fsp3) is 0.111. The van der Waals surface area contributed by atoms with Crippen molar-refractivity contribution in [1.29, 1.82) is 0 Å². The van der Waals surface area contributed by atoms with E-state index in [1.807, 2.05) is 0 Å². The molecule has 0 aliphatic carbocycles. The number of rotatable bonds is 5. The number of carbonyl (C=O) groups is 1. The van der Waals surface area contributed by atoms with E-state index in [2.05, 4.69) is 26.3 Å². The number of nitrogens with one attached hydrogen (secondary N) is 1. The van der Waals surface area contributed by atoms with Crippen LogP contribution < -0.4 is 10.1 Å². The molecule has 0 saturated carbocycles. The Morgan fingerprint density at radius 1 is 1.28 bits per heavy atom. The molecule has 25 heavy (non-hydrogen) atoms. The summed E-state index contributed by atoms with van der Waals surface area (Å²) in [5.41, 5.74) is 0.970. The van der Waals surface area contributed by atoms with Crippen molar-refractivity contribution in [2.75, 3.05) is 12.4 Å². The molecular formula is C18H15BrFN3O2. The third kappa shape index (κ3) is 4.06. The first-order valence-electron chi connectivity index (χ1n) is 7.48. The maximum atomic E-state index is 13.8. The summed E-state index contributed by atoms with van der Waals surface area (Å²) in [5.74, 6) is 0.354. The number of methoxy groups -OCH3 is 1. The Balaban J connectivity index is 1.76. The van der Waals surface area contributed by atoms with E-state index in [1.165, 1.54) is 13.2 Å². The molecule has 1 amide bonds. The minimum absolute atomic E-state index is 0.264.